The van der Waals surface area contributed by atoms with E-state index in [1.54, 1.807) is 31.4 Å². The van der Waals surface area contributed by atoms with Gasteiger partial charge in [0, 0.05) is 18.8 Å². The Kier molecular flexibility index (Phi) is 7.99. The number of methoxy groups -OCH3 is 1. The minimum atomic E-state index is -0.334. The van der Waals surface area contributed by atoms with E-state index in [0.29, 0.717) is 18.8 Å². The average Bonchev–Trinajstić information content (AvgIpc) is 2.51. The van der Waals surface area contributed by atoms with E-state index in [-0.39, 0.29) is 24.5 Å². The van der Waals surface area contributed by atoms with Crippen molar-refractivity contribution in [2.75, 3.05) is 32.2 Å². The highest BCUT2D eigenvalue weighted by Gasteiger charge is 2.08. The summed E-state index contributed by atoms with van der Waals surface area (Å²) in [5.41, 5.74) is 1.26. The summed E-state index contributed by atoms with van der Waals surface area (Å²) in [6.45, 7) is 4.86. The van der Waals surface area contributed by atoms with Crippen LogP contribution in [0.5, 0.6) is 0 Å². The van der Waals surface area contributed by atoms with Gasteiger partial charge in [-0.1, -0.05) is 6.92 Å². The number of ether oxygens (including phenoxy) is 2. The number of carbonyl (C=O) groups excluding carboxylic acids is 2. The molecule has 6 heteroatoms. The van der Waals surface area contributed by atoms with Gasteiger partial charge in [-0.3, -0.25) is 4.79 Å². The van der Waals surface area contributed by atoms with Gasteiger partial charge in [0.1, 0.15) is 0 Å². The first kappa shape index (κ1) is 18.0. The molecule has 0 aliphatic heterocycles. The van der Waals surface area contributed by atoms with E-state index in [9.17, 15) is 9.59 Å². The topological polar surface area (TPSA) is 76.7 Å². The van der Waals surface area contributed by atoms with E-state index in [2.05, 4.69) is 10.6 Å². The molecule has 6 nitrogen and oxygen atoms in total. The van der Waals surface area contributed by atoms with Gasteiger partial charge in [0.25, 0.3) is 0 Å². The molecule has 1 aromatic rings. The van der Waals surface area contributed by atoms with Gasteiger partial charge in [-0.25, -0.2) is 4.79 Å². The molecule has 0 spiro atoms. The maximum absolute atomic E-state index is 11.7. The van der Waals surface area contributed by atoms with E-state index in [4.69, 9.17) is 9.47 Å². The van der Waals surface area contributed by atoms with Crippen LogP contribution in [0.2, 0.25) is 0 Å². The Balaban J connectivity index is 2.41. The van der Waals surface area contributed by atoms with Crippen molar-refractivity contribution >= 4 is 17.6 Å². The first-order chi connectivity index (χ1) is 10.6. The molecule has 1 unspecified atom stereocenters. The Morgan fingerprint density at radius 3 is 2.50 bits per heavy atom. The Morgan fingerprint density at radius 1 is 1.23 bits per heavy atom. The van der Waals surface area contributed by atoms with E-state index in [0.717, 1.165) is 12.1 Å². The maximum Gasteiger partial charge on any atom is 0.338 e. The summed E-state index contributed by atoms with van der Waals surface area (Å²) in [6.07, 6.45) is 0.794. The highest BCUT2D eigenvalue weighted by Crippen LogP contribution is 2.10. The zero-order chi connectivity index (χ0) is 16.4. The Morgan fingerprint density at radius 2 is 1.91 bits per heavy atom. The van der Waals surface area contributed by atoms with Crippen LogP contribution in [0.3, 0.4) is 0 Å². The van der Waals surface area contributed by atoms with E-state index in [1.165, 1.54) is 0 Å². The molecule has 1 atom stereocenters. The fraction of sp³-hybridized carbons (Fsp3) is 0.500. The summed E-state index contributed by atoms with van der Waals surface area (Å²) in [6, 6.07) is 6.80. The molecule has 0 aromatic heterocycles. The molecule has 0 fully saturated rings. The highest BCUT2D eigenvalue weighted by molar-refractivity contribution is 5.90. The number of hydrogen-bond acceptors (Lipinski definition) is 5. The molecule has 0 aliphatic rings. The monoisotopic (exact) mass is 308 g/mol. The lowest BCUT2D eigenvalue weighted by Crippen LogP contribution is -2.39. The van der Waals surface area contributed by atoms with Crippen molar-refractivity contribution in [3.8, 4) is 0 Å². The smallest absolute Gasteiger partial charge is 0.338 e. The second-order valence-corrected chi connectivity index (χ2v) is 4.99. The lowest BCUT2D eigenvalue weighted by atomic mass is 10.2. The second-order valence-electron chi connectivity index (χ2n) is 4.99. The molecular weight excluding hydrogens is 284 g/mol. The van der Waals surface area contributed by atoms with Crippen molar-refractivity contribution in [1.82, 2.24) is 5.32 Å². The molecule has 1 rings (SSSR count). The van der Waals surface area contributed by atoms with Gasteiger partial charge in [0.15, 0.2) is 0 Å². The zero-order valence-electron chi connectivity index (χ0n) is 13.3. The molecule has 22 heavy (non-hydrogen) atoms. The lowest BCUT2D eigenvalue weighted by Gasteiger charge is -2.13. The number of amides is 1. The number of anilines is 1. The van der Waals surface area contributed by atoms with Crippen molar-refractivity contribution < 1.29 is 19.1 Å². The normalized spacial score (nSPS) is 11.6. The first-order valence-electron chi connectivity index (χ1n) is 7.36. The van der Waals surface area contributed by atoms with Crippen LogP contribution in [-0.2, 0) is 14.3 Å². The molecule has 0 radical (unpaired) electrons. The number of carbonyl (C=O) groups is 2. The van der Waals surface area contributed by atoms with E-state index >= 15 is 0 Å². The van der Waals surface area contributed by atoms with Gasteiger partial charge < -0.3 is 20.1 Å². The number of rotatable bonds is 9. The summed E-state index contributed by atoms with van der Waals surface area (Å²) in [4.78, 5) is 23.3. The van der Waals surface area contributed by atoms with Gasteiger partial charge in [-0.2, -0.15) is 0 Å². The Bertz CT molecular complexity index is 474. The van der Waals surface area contributed by atoms with Crippen molar-refractivity contribution in [3.05, 3.63) is 29.8 Å². The summed E-state index contributed by atoms with van der Waals surface area (Å²) in [7, 11) is 1.59. The van der Waals surface area contributed by atoms with Gasteiger partial charge in [0.2, 0.25) is 5.91 Å². The van der Waals surface area contributed by atoms with Crippen molar-refractivity contribution in [2.24, 2.45) is 0 Å². The number of hydrogen-bond donors (Lipinski definition) is 2. The van der Waals surface area contributed by atoms with Crippen LogP contribution in [-0.4, -0.2) is 44.8 Å². The summed E-state index contributed by atoms with van der Waals surface area (Å²) in [5, 5.41) is 5.80. The molecule has 0 saturated heterocycles. The number of benzene rings is 1. The minimum Gasteiger partial charge on any atom is -0.462 e. The Hall–Kier alpha value is -2.08. The molecule has 0 aliphatic carbocycles. The van der Waals surface area contributed by atoms with E-state index in [1.807, 2.05) is 13.8 Å². The van der Waals surface area contributed by atoms with Gasteiger partial charge in [-0.15, -0.1) is 0 Å². The maximum atomic E-state index is 11.7. The van der Waals surface area contributed by atoms with Crippen LogP contribution in [0.25, 0.3) is 0 Å². The largest absolute Gasteiger partial charge is 0.462 e. The highest BCUT2D eigenvalue weighted by atomic mass is 16.5. The van der Waals surface area contributed by atoms with Crippen molar-refractivity contribution in [1.29, 1.82) is 0 Å². The quantitative estimate of drug-likeness (QED) is 0.681. The van der Waals surface area contributed by atoms with Crippen LogP contribution < -0.4 is 10.6 Å². The molecular formula is C16H24N2O4. The molecule has 0 heterocycles. The van der Waals surface area contributed by atoms with Crippen LogP contribution in [0.1, 0.15) is 30.6 Å². The van der Waals surface area contributed by atoms with Crippen LogP contribution in [0.4, 0.5) is 5.69 Å². The average molecular weight is 308 g/mol. The fourth-order valence-electron chi connectivity index (χ4n) is 1.80. The van der Waals surface area contributed by atoms with Gasteiger partial charge >= 0.3 is 5.97 Å². The van der Waals surface area contributed by atoms with Crippen molar-refractivity contribution in [2.45, 2.75) is 26.3 Å². The van der Waals surface area contributed by atoms with Crippen molar-refractivity contribution in [3.63, 3.8) is 0 Å². The fourth-order valence-corrected chi connectivity index (χ4v) is 1.80. The van der Waals surface area contributed by atoms with Gasteiger partial charge in [-0.05, 0) is 37.6 Å². The third-order valence-electron chi connectivity index (χ3n) is 2.84. The summed E-state index contributed by atoms with van der Waals surface area (Å²) >= 11 is 0. The van der Waals surface area contributed by atoms with Gasteiger partial charge in [0.05, 0.1) is 25.3 Å². The van der Waals surface area contributed by atoms with Crippen LogP contribution >= 0.6 is 0 Å². The van der Waals surface area contributed by atoms with E-state index < -0.39 is 0 Å². The Labute approximate surface area is 131 Å². The van der Waals surface area contributed by atoms with Crippen LogP contribution in [0, 0.1) is 0 Å². The first-order valence-corrected chi connectivity index (χ1v) is 7.36. The molecule has 0 saturated carbocycles. The number of esters is 1. The van der Waals surface area contributed by atoms with Crippen LogP contribution in [0.15, 0.2) is 24.3 Å². The molecule has 2 N–H and O–H groups in total. The second kappa shape index (κ2) is 9.78. The summed E-state index contributed by atoms with van der Waals surface area (Å²) in [5.74, 6) is -0.449. The third-order valence-corrected chi connectivity index (χ3v) is 2.84. The predicted octanol–water partition coefficient (Wildman–Crippen LogP) is 1.82. The predicted molar refractivity (Wildman–Crippen MR) is 85.0 cm³/mol. The summed E-state index contributed by atoms with van der Waals surface area (Å²) < 4.78 is 10.00. The molecule has 1 aromatic carbocycles. The SMILES string of the molecule is CCCOC(=O)c1ccc(NCC(=O)NC(C)COC)cc1. The lowest BCUT2D eigenvalue weighted by molar-refractivity contribution is -0.120. The third kappa shape index (κ3) is 6.58. The molecule has 122 valence electrons. The zero-order valence-corrected chi connectivity index (χ0v) is 13.3. The standard InChI is InChI=1S/C16H24N2O4/c1-4-9-22-16(20)13-5-7-14(8-6-13)17-10-15(19)18-12(2)11-21-3/h5-8,12,17H,4,9-11H2,1-3H3,(H,18,19). The minimum absolute atomic E-state index is 0.0324. The number of nitrogens with one attached hydrogen (secondary N) is 2. The molecule has 1 amide bonds. The molecule has 0 bridgehead atoms.